The predicted molar refractivity (Wildman–Crippen MR) is 88.0 cm³/mol. The molecule has 2 aromatic rings. The Balaban J connectivity index is 2.42. The summed E-state index contributed by atoms with van der Waals surface area (Å²) in [5, 5.41) is 11.4. The zero-order valence-corrected chi connectivity index (χ0v) is 13.2. The predicted octanol–water partition coefficient (Wildman–Crippen LogP) is 0.622. The molecule has 24 heavy (non-hydrogen) atoms. The molecule has 1 aromatic heterocycles. The summed E-state index contributed by atoms with van der Waals surface area (Å²) in [6, 6.07) is 5.59. The van der Waals surface area contributed by atoms with Crippen molar-refractivity contribution in [2.75, 3.05) is 6.54 Å². The average Bonchev–Trinajstić information content (AvgIpc) is 2.53. The number of amides is 1. The summed E-state index contributed by atoms with van der Waals surface area (Å²) in [7, 11) is 0. The molecule has 1 heterocycles. The van der Waals surface area contributed by atoms with E-state index in [1.165, 1.54) is 0 Å². The van der Waals surface area contributed by atoms with E-state index in [-0.39, 0.29) is 13.0 Å². The van der Waals surface area contributed by atoms with Crippen molar-refractivity contribution in [3.05, 3.63) is 45.1 Å². The van der Waals surface area contributed by atoms with Gasteiger partial charge in [0, 0.05) is 6.54 Å². The van der Waals surface area contributed by atoms with Crippen molar-refractivity contribution in [2.45, 2.75) is 32.2 Å². The maximum Gasteiger partial charge on any atom is 0.329 e. The lowest BCUT2D eigenvalue weighted by Crippen LogP contribution is -2.44. The molecular formula is C16H19N3O5. The second kappa shape index (κ2) is 7.58. The van der Waals surface area contributed by atoms with Gasteiger partial charge in [-0.15, -0.1) is 0 Å². The van der Waals surface area contributed by atoms with Crippen LogP contribution in [0.15, 0.2) is 33.9 Å². The molecule has 0 unspecified atom stereocenters. The van der Waals surface area contributed by atoms with Crippen LogP contribution in [-0.2, 0) is 9.59 Å². The number of benzene rings is 1. The van der Waals surface area contributed by atoms with E-state index in [1.807, 2.05) is 6.92 Å². The van der Waals surface area contributed by atoms with Crippen LogP contribution in [0.4, 0.5) is 0 Å². The third kappa shape index (κ3) is 3.70. The Morgan fingerprint density at radius 2 is 2.00 bits per heavy atom. The first-order valence-electron chi connectivity index (χ1n) is 7.68. The van der Waals surface area contributed by atoms with Gasteiger partial charge in [0.15, 0.2) is 0 Å². The van der Waals surface area contributed by atoms with E-state index >= 15 is 0 Å². The Morgan fingerprint density at radius 1 is 1.29 bits per heavy atom. The minimum atomic E-state index is -1.04. The number of nitrogens with zero attached hydrogens (tertiary/aromatic N) is 1. The molecule has 128 valence electrons. The number of aromatic nitrogens is 2. The Kier molecular flexibility index (Phi) is 5.51. The number of rotatable bonds is 7. The first kappa shape index (κ1) is 17.5. The highest BCUT2D eigenvalue weighted by atomic mass is 16.4. The van der Waals surface area contributed by atoms with Crippen molar-refractivity contribution >= 4 is 22.8 Å². The molecule has 0 fully saturated rings. The average molecular weight is 333 g/mol. The topological polar surface area (TPSA) is 121 Å². The zero-order valence-electron chi connectivity index (χ0n) is 13.2. The summed E-state index contributed by atoms with van der Waals surface area (Å²) >= 11 is 0. The summed E-state index contributed by atoms with van der Waals surface area (Å²) in [5.74, 6) is -1.58. The highest BCUT2D eigenvalue weighted by molar-refractivity contribution is 5.82. The molecule has 0 saturated heterocycles. The van der Waals surface area contributed by atoms with Crippen molar-refractivity contribution in [3.63, 3.8) is 0 Å². The first-order valence-corrected chi connectivity index (χ1v) is 7.68. The van der Waals surface area contributed by atoms with Gasteiger partial charge in [0.1, 0.15) is 6.04 Å². The highest BCUT2D eigenvalue weighted by Gasteiger charge is 2.23. The van der Waals surface area contributed by atoms with E-state index in [9.17, 15) is 19.2 Å². The molecule has 8 heteroatoms. The smallest absolute Gasteiger partial charge is 0.329 e. The molecule has 0 aliphatic heterocycles. The Hall–Kier alpha value is -2.90. The molecule has 0 bridgehead atoms. The molecule has 0 spiro atoms. The van der Waals surface area contributed by atoms with Gasteiger partial charge in [-0.25, -0.2) is 9.36 Å². The SMILES string of the molecule is CCC[C@@H](C(=O)NCCC(=O)O)n1c(=O)[nH]c2ccccc2c1=O. The van der Waals surface area contributed by atoms with Crippen LogP contribution in [0, 0.1) is 0 Å². The lowest BCUT2D eigenvalue weighted by Gasteiger charge is -2.18. The fourth-order valence-corrected chi connectivity index (χ4v) is 2.52. The van der Waals surface area contributed by atoms with Crippen LogP contribution < -0.4 is 16.6 Å². The number of aromatic amines is 1. The summed E-state index contributed by atoms with van der Waals surface area (Å²) in [5.41, 5.74) is -0.794. The molecule has 0 saturated carbocycles. The second-order valence-electron chi connectivity index (χ2n) is 5.39. The van der Waals surface area contributed by atoms with Gasteiger partial charge in [-0.05, 0) is 18.6 Å². The first-order chi connectivity index (χ1) is 11.5. The number of para-hydroxylation sites is 1. The number of carbonyl (C=O) groups is 2. The van der Waals surface area contributed by atoms with Gasteiger partial charge in [-0.2, -0.15) is 0 Å². The minimum Gasteiger partial charge on any atom is -0.481 e. The van der Waals surface area contributed by atoms with Crippen molar-refractivity contribution in [1.82, 2.24) is 14.9 Å². The van der Waals surface area contributed by atoms with Crippen molar-refractivity contribution in [2.24, 2.45) is 0 Å². The van der Waals surface area contributed by atoms with E-state index in [0.29, 0.717) is 23.7 Å². The van der Waals surface area contributed by atoms with Gasteiger partial charge < -0.3 is 15.4 Å². The maximum atomic E-state index is 12.6. The van der Waals surface area contributed by atoms with E-state index in [2.05, 4.69) is 10.3 Å². The van der Waals surface area contributed by atoms with Crippen LogP contribution in [0.1, 0.15) is 32.2 Å². The van der Waals surface area contributed by atoms with Crippen molar-refractivity contribution in [3.8, 4) is 0 Å². The van der Waals surface area contributed by atoms with Gasteiger partial charge in [-0.1, -0.05) is 25.5 Å². The zero-order chi connectivity index (χ0) is 17.7. The second-order valence-corrected chi connectivity index (χ2v) is 5.39. The van der Waals surface area contributed by atoms with E-state index in [1.54, 1.807) is 24.3 Å². The van der Waals surface area contributed by atoms with Crippen molar-refractivity contribution in [1.29, 1.82) is 0 Å². The van der Waals surface area contributed by atoms with Gasteiger partial charge >= 0.3 is 11.7 Å². The van der Waals surface area contributed by atoms with E-state index in [4.69, 9.17) is 5.11 Å². The molecule has 0 radical (unpaired) electrons. The number of H-pyrrole nitrogens is 1. The number of carboxylic acid groups (broad SMARTS) is 1. The standard InChI is InChI=1S/C16H19N3O5/c1-2-5-12(14(22)17-9-8-13(20)21)19-15(23)10-6-3-4-7-11(10)18-16(19)24/h3-4,6-7,12H,2,5,8-9H2,1H3,(H,17,22)(H,18,24)(H,20,21)/t12-/m0/s1. The third-order valence-corrected chi connectivity index (χ3v) is 3.65. The Bertz CT molecular complexity index is 868. The largest absolute Gasteiger partial charge is 0.481 e. The number of aliphatic carboxylic acids is 1. The Morgan fingerprint density at radius 3 is 2.67 bits per heavy atom. The van der Waals surface area contributed by atoms with Gasteiger partial charge in [-0.3, -0.25) is 14.4 Å². The van der Waals surface area contributed by atoms with Crippen LogP contribution in [-0.4, -0.2) is 33.1 Å². The summed E-state index contributed by atoms with van der Waals surface area (Å²) in [4.78, 5) is 50.4. The van der Waals surface area contributed by atoms with Gasteiger partial charge in [0.25, 0.3) is 5.56 Å². The van der Waals surface area contributed by atoms with Crippen LogP contribution >= 0.6 is 0 Å². The third-order valence-electron chi connectivity index (χ3n) is 3.65. The van der Waals surface area contributed by atoms with Gasteiger partial charge in [0.05, 0.1) is 17.3 Å². The number of carboxylic acids is 1. The number of nitrogens with one attached hydrogen (secondary N) is 2. The fourth-order valence-electron chi connectivity index (χ4n) is 2.52. The van der Waals surface area contributed by atoms with E-state index in [0.717, 1.165) is 4.57 Å². The molecular weight excluding hydrogens is 314 g/mol. The highest BCUT2D eigenvalue weighted by Crippen LogP contribution is 2.12. The summed E-state index contributed by atoms with van der Waals surface area (Å²) < 4.78 is 0.905. The monoisotopic (exact) mass is 333 g/mol. The van der Waals surface area contributed by atoms with Crippen molar-refractivity contribution < 1.29 is 14.7 Å². The quantitative estimate of drug-likeness (QED) is 0.686. The van der Waals surface area contributed by atoms with Gasteiger partial charge in [0.2, 0.25) is 5.91 Å². The number of hydrogen-bond donors (Lipinski definition) is 3. The number of hydrogen-bond acceptors (Lipinski definition) is 4. The molecule has 1 atom stereocenters. The maximum absolute atomic E-state index is 12.6. The molecule has 0 aliphatic rings. The minimum absolute atomic E-state index is 0.0609. The fraction of sp³-hybridized carbons (Fsp3) is 0.375. The molecule has 2 rings (SSSR count). The van der Waals surface area contributed by atoms with Crippen LogP contribution in [0.25, 0.3) is 10.9 Å². The summed E-state index contributed by atoms with van der Waals surface area (Å²) in [6.45, 7) is 1.77. The summed E-state index contributed by atoms with van der Waals surface area (Å²) in [6.07, 6.45) is 0.642. The van der Waals surface area contributed by atoms with E-state index < -0.39 is 29.2 Å². The molecule has 0 aliphatic carbocycles. The Labute approximate surface area is 137 Å². The lowest BCUT2D eigenvalue weighted by atomic mass is 10.1. The molecule has 1 amide bonds. The normalized spacial score (nSPS) is 12.0. The van der Waals surface area contributed by atoms with Crippen LogP contribution in [0.5, 0.6) is 0 Å². The number of fused-ring (bicyclic) bond motifs is 1. The molecule has 1 aromatic carbocycles. The molecule has 8 nitrogen and oxygen atoms in total. The number of carbonyl (C=O) groups excluding carboxylic acids is 1. The van der Waals surface area contributed by atoms with Crippen LogP contribution in [0.2, 0.25) is 0 Å². The van der Waals surface area contributed by atoms with Crippen LogP contribution in [0.3, 0.4) is 0 Å². The lowest BCUT2D eigenvalue weighted by molar-refractivity contribution is -0.137. The molecule has 3 N–H and O–H groups in total.